The molecule has 4 rings (SSSR count). The number of ether oxygens (including phenoxy) is 3. The van der Waals surface area contributed by atoms with Crippen LogP contribution in [0.4, 0.5) is 0 Å². The Hall–Kier alpha value is -3.52. The van der Waals surface area contributed by atoms with Crippen LogP contribution in [0.25, 0.3) is 5.76 Å². The number of fused-ring (bicyclic) bond motifs is 1. The fourth-order valence-electron chi connectivity index (χ4n) is 4.11. The van der Waals surface area contributed by atoms with Gasteiger partial charge in [-0.05, 0) is 56.4 Å². The van der Waals surface area contributed by atoms with Gasteiger partial charge in [0.1, 0.15) is 24.7 Å². The lowest BCUT2D eigenvalue weighted by molar-refractivity contribution is -0.140. The summed E-state index contributed by atoms with van der Waals surface area (Å²) in [4.78, 5) is 29.7. The Morgan fingerprint density at radius 1 is 1.12 bits per heavy atom. The summed E-state index contributed by atoms with van der Waals surface area (Å²) in [5.41, 5.74) is 1.14. The number of ketones is 1. The van der Waals surface area contributed by atoms with Crippen molar-refractivity contribution in [1.29, 1.82) is 0 Å². The summed E-state index contributed by atoms with van der Waals surface area (Å²) in [5, 5.41) is 11.3. The molecule has 0 bridgehead atoms. The minimum atomic E-state index is -0.738. The fraction of sp³-hybridized carbons (Fsp3) is 0.385. The molecule has 180 valence electrons. The van der Waals surface area contributed by atoms with Gasteiger partial charge in [0.25, 0.3) is 11.7 Å². The van der Waals surface area contributed by atoms with Crippen molar-refractivity contribution in [2.75, 3.05) is 47.0 Å². The second-order valence-electron chi connectivity index (χ2n) is 8.58. The molecule has 2 aromatic carbocycles. The van der Waals surface area contributed by atoms with Gasteiger partial charge in [-0.3, -0.25) is 9.59 Å². The van der Waals surface area contributed by atoms with E-state index in [-0.39, 0.29) is 11.3 Å². The number of aliphatic hydroxyl groups excluding tert-OH is 1. The standard InChI is InChI=1S/C26H30N2O6/c1-4-12-32-19-7-5-6-17(15-19)23-22(25(30)26(31)28(23)11-10-27(2)3)24(29)18-8-9-20-21(16-18)34-14-13-33-20/h5-9,15-16,23,29H,4,10-14H2,1-3H3/t23-/m1/s1. The molecule has 2 heterocycles. The van der Waals surface area contributed by atoms with E-state index in [1.807, 2.05) is 50.2 Å². The molecular formula is C26H30N2O6. The SMILES string of the molecule is CCCOc1cccc([C@@H]2C(=C(O)c3ccc4c(c3)OCCO4)C(=O)C(=O)N2CCN(C)C)c1. The zero-order valence-electron chi connectivity index (χ0n) is 19.7. The highest BCUT2D eigenvalue weighted by atomic mass is 16.6. The Labute approximate surface area is 199 Å². The highest BCUT2D eigenvalue weighted by molar-refractivity contribution is 6.46. The monoisotopic (exact) mass is 466 g/mol. The van der Waals surface area contributed by atoms with E-state index in [0.29, 0.717) is 61.3 Å². The summed E-state index contributed by atoms with van der Waals surface area (Å²) in [7, 11) is 3.81. The molecule has 34 heavy (non-hydrogen) atoms. The molecule has 0 radical (unpaired) electrons. The summed E-state index contributed by atoms with van der Waals surface area (Å²) >= 11 is 0. The first-order valence-corrected chi connectivity index (χ1v) is 11.5. The molecule has 1 fully saturated rings. The largest absolute Gasteiger partial charge is 0.507 e. The van der Waals surface area contributed by atoms with Gasteiger partial charge in [0.2, 0.25) is 0 Å². The molecule has 0 aliphatic carbocycles. The lowest BCUT2D eigenvalue weighted by Gasteiger charge is -2.27. The third kappa shape index (κ3) is 4.72. The Morgan fingerprint density at radius 2 is 1.88 bits per heavy atom. The maximum Gasteiger partial charge on any atom is 0.295 e. The summed E-state index contributed by atoms with van der Waals surface area (Å²) in [5.74, 6) is 0.126. The predicted molar refractivity (Wildman–Crippen MR) is 127 cm³/mol. The van der Waals surface area contributed by atoms with E-state index in [1.165, 1.54) is 4.90 Å². The quantitative estimate of drug-likeness (QED) is 0.363. The van der Waals surface area contributed by atoms with E-state index in [1.54, 1.807) is 18.2 Å². The van der Waals surface area contributed by atoms with Gasteiger partial charge in [-0.15, -0.1) is 0 Å². The van der Waals surface area contributed by atoms with Crippen LogP contribution in [-0.4, -0.2) is 73.6 Å². The summed E-state index contributed by atoms with van der Waals surface area (Å²) < 4.78 is 17.0. The molecule has 1 N–H and O–H groups in total. The molecule has 0 aromatic heterocycles. The van der Waals surface area contributed by atoms with E-state index in [2.05, 4.69) is 0 Å². The van der Waals surface area contributed by atoms with Gasteiger partial charge in [0.05, 0.1) is 18.2 Å². The van der Waals surface area contributed by atoms with Crippen LogP contribution in [0.1, 0.15) is 30.5 Å². The highest BCUT2D eigenvalue weighted by Crippen LogP contribution is 2.41. The number of amides is 1. The zero-order valence-corrected chi connectivity index (χ0v) is 19.7. The van der Waals surface area contributed by atoms with Crippen LogP contribution in [-0.2, 0) is 9.59 Å². The van der Waals surface area contributed by atoms with Crippen LogP contribution < -0.4 is 14.2 Å². The number of benzene rings is 2. The first-order valence-electron chi connectivity index (χ1n) is 11.5. The van der Waals surface area contributed by atoms with Crippen LogP contribution in [0.2, 0.25) is 0 Å². The fourth-order valence-corrected chi connectivity index (χ4v) is 4.11. The van der Waals surface area contributed by atoms with E-state index in [9.17, 15) is 14.7 Å². The number of likely N-dealkylation sites (tertiary alicyclic amines) is 1. The van der Waals surface area contributed by atoms with E-state index < -0.39 is 17.7 Å². The molecule has 0 unspecified atom stereocenters. The second kappa shape index (κ2) is 10.2. The smallest absolute Gasteiger partial charge is 0.295 e. The molecule has 2 aromatic rings. The van der Waals surface area contributed by atoms with Crippen LogP contribution in [0.5, 0.6) is 17.2 Å². The lowest BCUT2D eigenvalue weighted by Crippen LogP contribution is -2.35. The van der Waals surface area contributed by atoms with Crippen molar-refractivity contribution in [2.24, 2.45) is 0 Å². The third-order valence-electron chi connectivity index (χ3n) is 5.79. The predicted octanol–water partition coefficient (Wildman–Crippen LogP) is 3.23. The maximum absolute atomic E-state index is 13.2. The third-order valence-corrected chi connectivity index (χ3v) is 5.79. The van der Waals surface area contributed by atoms with Gasteiger partial charge < -0.3 is 29.1 Å². The van der Waals surface area contributed by atoms with Crippen molar-refractivity contribution in [3.63, 3.8) is 0 Å². The van der Waals surface area contributed by atoms with Crippen LogP contribution in [0.15, 0.2) is 48.0 Å². The average molecular weight is 467 g/mol. The van der Waals surface area contributed by atoms with Crippen molar-refractivity contribution < 1.29 is 28.9 Å². The number of hydrogen-bond donors (Lipinski definition) is 1. The Kier molecular flexibility index (Phi) is 7.07. The molecular weight excluding hydrogens is 436 g/mol. The number of Topliss-reactive ketones (excluding diaryl/α,β-unsaturated/α-hetero) is 1. The van der Waals surface area contributed by atoms with Gasteiger partial charge in [0, 0.05) is 18.7 Å². The normalized spacial score (nSPS) is 19.1. The lowest BCUT2D eigenvalue weighted by atomic mass is 9.95. The minimum absolute atomic E-state index is 0.0491. The van der Waals surface area contributed by atoms with Crippen molar-refractivity contribution in [1.82, 2.24) is 9.80 Å². The van der Waals surface area contributed by atoms with Crippen molar-refractivity contribution >= 4 is 17.4 Å². The van der Waals surface area contributed by atoms with Gasteiger partial charge in [0.15, 0.2) is 11.5 Å². The maximum atomic E-state index is 13.2. The topological polar surface area (TPSA) is 88.5 Å². The molecule has 2 aliphatic rings. The Morgan fingerprint density at radius 3 is 2.62 bits per heavy atom. The molecule has 8 heteroatoms. The number of likely N-dealkylation sites (N-methyl/N-ethyl adjacent to an activating group) is 1. The summed E-state index contributed by atoms with van der Waals surface area (Å²) in [6.45, 7) is 4.33. The first-order chi connectivity index (χ1) is 16.4. The molecule has 0 saturated carbocycles. The number of nitrogens with zero attached hydrogens (tertiary/aromatic N) is 2. The van der Waals surface area contributed by atoms with Crippen LogP contribution in [0.3, 0.4) is 0 Å². The second-order valence-corrected chi connectivity index (χ2v) is 8.58. The number of aliphatic hydroxyl groups is 1. The number of hydrogen-bond acceptors (Lipinski definition) is 7. The summed E-state index contributed by atoms with van der Waals surface area (Å²) in [6, 6.07) is 11.6. The van der Waals surface area contributed by atoms with Crippen LogP contribution in [0, 0.1) is 0 Å². The van der Waals surface area contributed by atoms with E-state index >= 15 is 0 Å². The van der Waals surface area contributed by atoms with Gasteiger partial charge in [-0.2, -0.15) is 0 Å². The number of carbonyl (C=O) groups is 2. The number of rotatable bonds is 8. The average Bonchev–Trinajstić information content (AvgIpc) is 3.10. The van der Waals surface area contributed by atoms with Crippen molar-refractivity contribution in [3.05, 3.63) is 59.2 Å². The molecule has 1 amide bonds. The zero-order chi connectivity index (χ0) is 24.2. The van der Waals surface area contributed by atoms with Crippen molar-refractivity contribution in [3.8, 4) is 17.2 Å². The van der Waals surface area contributed by atoms with Crippen molar-refractivity contribution in [2.45, 2.75) is 19.4 Å². The molecule has 1 saturated heterocycles. The highest BCUT2D eigenvalue weighted by Gasteiger charge is 2.46. The van der Waals surface area contributed by atoms with E-state index in [0.717, 1.165) is 6.42 Å². The van der Waals surface area contributed by atoms with Gasteiger partial charge in [-0.1, -0.05) is 19.1 Å². The molecule has 2 aliphatic heterocycles. The van der Waals surface area contributed by atoms with Gasteiger partial charge >= 0.3 is 0 Å². The molecule has 8 nitrogen and oxygen atoms in total. The van der Waals surface area contributed by atoms with Crippen LogP contribution >= 0.6 is 0 Å². The first kappa shape index (κ1) is 23.6. The minimum Gasteiger partial charge on any atom is -0.507 e. The van der Waals surface area contributed by atoms with Gasteiger partial charge in [-0.25, -0.2) is 0 Å². The number of carbonyl (C=O) groups excluding carboxylic acids is 2. The summed E-state index contributed by atoms with van der Waals surface area (Å²) in [6.07, 6.45) is 0.857. The Bertz CT molecular complexity index is 1110. The Balaban J connectivity index is 1.80. The molecule has 0 spiro atoms. The molecule has 1 atom stereocenters. The van der Waals surface area contributed by atoms with E-state index in [4.69, 9.17) is 14.2 Å².